The van der Waals surface area contributed by atoms with Crippen LogP contribution in [0.3, 0.4) is 0 Å². The number of rotatable bonds is 4. The Bertz CT molecular complexity index is 680. The van der Waals surface area contributed by atoms with E-state index in [-0.39, 0.29) is 23.8 Å². The van der Waals surface area contributed by atoms with Gasteiger partial charge < -0.3 is 20.6 Å². The van der Waals surface area contributed by atoms with E-state index in [4.69, 9.17) is 0 Å². The summed E-state index contributed by atoms with van der Waals surface area (Å²) in [5.41, 5.74) is -0.719. The van der Waals surface area contributed by atoms with Gasteiger partial charge in [0, 0.05) is 24.8 Å². The van der Waals surface area contributed by atoms with E-state index in [9.17, 15) is 23.9 Å². The van der Waals surface area contributed by atoms with Gasteiger partial charge in [0.2, 0.25) is 5.91 Å². The standard InChI is InChI=1S/C17H20FN3O4/c18-11-1-3-12(4-2-11)19-16(25)20-13-5-9-21(10-6-13)14(22)17(7-8-17)15(23)24/h1-4,13H,5-10H2,(H,23,24)(H2,19,20,25). The normalized spacial score (nSPS) is 19.2. The van der Waals surface area contributed by atoms with E-state index >= 15 is 0 Å². The monoisotopic (exact) mass is 349 g/mol. The molecule has 0 unspecified atom stereocenters. The highest BCUT2D eigenvalue weighted by atomic mass is 19.1. The molecule has 1 aromatic carbocycles. The topological polar surface area (TPSA) is 98.7 Å². The summed E-state index contributed by atoms with van der Waals surface area (Å²) < 4.78 is 12.8. The van der Waals surface area contributed by atoms with Crippen LogP contribution >= 0.6 is 0 Å². The Morgan fingerprint density at radius 2 is 1.72 bits per heavy atom. The molecular formula is C17H20FN3O4. The van der Waals surface area contributed by atoms with E-state index in [1.165, 1.54) is 24.3 Å². The number of likely N-dealkylation sites (tertiary alicyclic amines) is 1. The van der Waals surface area contributed by atoms with Crippen molar-refractivity contribution in [3.63, 3.8) is 0 Å². The lowest BCUT2D eigenvalue weighted by atomic mass is 10.0. The highest BCUT2D eigenvalue weighted by Gasteiger charge is 2.58. The molecule has 0 spiro atoms. The number of aliphatic carboxylic acids is 1. The zero-order valence-corrected chi connectivity index (χ0v) is 13.6. The quantitative estimate of drug-likeness (QED) is 0.722. The van der Waals surface area contributed by atoms with Gasteiger partial charge in [0.25, 0.3) is 0 Å². The number of carbonyl (C=O) groups is 3. The lowest BCUT2D eigenvalue weighted by molar-refractivity contribution is -0.153. The molecule has 0 bridgehead atoms. The molecule has 1 aromatic rings. The molecule has 0 aromatic heterocycles. The molecule has 8 heteroatoms. The lowest BCUT2D eigenvalue weighted by Gasteiger charge is -2.33. The number of nitrogens with one attached hydrogen (secondary N) is 2. The Morgan fingerprint density at radius 1 is 1.12 bits per heavy atom. The number of hydrogen-bond donors (Lipinski definition) is 3. The van der Waals surface area contributed by atoms with E-state index in [2.05, 4.69) is 10.6 Å². The number of carbonyl (C=O) groups excluding carboxylic acids is 2. The second-order valence-corrected chi connectivity index (χ2v) is 6.56. The number of urea groups is 1. The Hall–Kier alpha value is -2.64. The van der Waals surface area contributed by atoms with Crippen molar-refractivity contribution in [3.05, 3.63) is 30.1 Å². The smallest absolute Gasteiger partial charge is 0.319 e. The summed E-state index contributed by atoms with van der Waals surface area (Å²) in [6.07, 6.45) is 1.94. The molecular weight excluding hydrogens is 329 g/mol. The molecule has 1 aliphatic heterocycles. The van der Waals surface area contributed by atoms with Gasteiger partial charge in [0.1, 0.15) is 11.2 Å². The van der Waals surface area contributed by atoms with E-state index < -0.39 is 11.4 Å². The van der Waals surface area contributed by atoms with Crippen LogP contribution in [0.25, 0.3) is 0 Å². The SMILES string of the molecule is O=C(Nc1ccc(F)cc1)NC1CCN(C(=O)C2(C(=O)O)CC2)CC1. The van der Waals surface area contributed by atoms with Crippen LogP contribution in [0.1, 0.15) is 25.7 Å². The molecule has 25 heavy (non-hydrogen) atoms. The number of nitrogens with zero attached hydrogens (tertiary/aromatic N) is 1. The van der Waals surface area contributed by atoms with Crippen molar-refractivity contribution in [2.45, 2.75) is 31.7 Å². The Morgan fingerprint density at radius 3 is 2.24 bits per heavy atom. The van der Waals surface area contributed by atoms with Crippen molar-refractivity contribution >= 4 is 23.6 Å². The number of benzene rings is 1. The first-order valence-electron chi connectivity index (χ1n) is 8.26. The Labute approximate surface area is 144 Å². The third-order valence-electron chi connectivity index (χ3n) is 4.79. The van der Waals surface area contributed by atoms with Crippen molar-refractivity contribution < 1.29 is 23.9 Å². The second kappa shape index (κ2) is 6.70. The average molecular weight is 349 g/mol. The number of carboxylic acid groups (broad SMARTS) is 1. The number of halogens is 1. The second-order valence-electron chi connectivity index (χ2n) is 6.56. The first-order valence-corrected chi connectivity index (χ1v) is 8.26. The van der Waals surface area contributed by atoms with Crippen LogP contribution in [0.15, 0.2) is 24.3 Å². The van der Waals surface area contributed by atoms with Gasteiger partial charge >= 0.3 is 12.0 Å². The number of amides is 3. The van der Waals surface area contributed by atoms with Gasteiger partial charge in [-0.2, -0.15) is 0 Å². The molecule has 2 aliphatic rings. The lowest BCUT2D eigenvalue weighted by Crippen LogP contribution is -2.50. The maximum absolute atomic E-state index is 12.8. The third-order valence-corrected chi connectivity index (χ3v) is 4.79. The predicted molar refractivity (Wildman–Crippen MR) is 87.5 cm³/mol. The highest BCUT2D eigenvalue weighted by molar-refractivity contribution is 6.04. The summed E-state index contributed by atoms with van der Waals surface area (Å²) >= 11 is 0. The zero-order chi connectivity index (χ0) is 18.0. The summed E-state index contributed by atoms with van der Waals surface area (Å²) in [4.78, 5) is 37.1. The predicted octanol–water partition coefficient (Wildman–Crippen LogP) is 1.80. The Kier molecular flexibility index (Phi) is 4.61. The maximum atomic E-state index is 12.8. The minimum Gasteiger partial charge on any atom is -0.480 e. The van der Waals surface area contributed by atoms with Crippen molar-refractivity contribution in [2.75, 3.05) is 18.4 Å². The molecule has 1 heterocycles. The molecule has 134 valence electrons. The van der Waals surface area contributed by atoms with Gasteiger partial charge in [-0.1, -0.05) is 0 Å². The molecule has 3 N–H and O–H groups in total. The van der Waals surface area contributed by atoms with Gasteiger partial charge in [-0.25, -0.2) is 9.18 Å². The summed E-state index contributed by atoms with van der Waals surface area (Å²) in [5, 5.41) is 14.6. The van der Waals surface area contributed by atoms with Gasteiger partial charge in [0.05, 0.1) is 0 Å². The van der Waals surface area contributed by atoms with Crippen molar-refractivity contribution in [3.8, 4) is 0 Å². The first kappa shape index (κ1) is 17.2. The molecule has 0 atom stereocenters. The summed E-state index contributed by atoms with van der Waals surface area (Å²) in [6, 6.07) is 4.98. The average Bonchev–Trinajstić information content (AvgIpc) is 3.39. The highest BCUT2D eigenvalue weighted by Crippen LogP contribution is 2.47. The summed E-state index contributed by atoms with van der Waals surface area (Å²) in [5.74, 6) is -1.73. The number of piperidine rings is 1. The van der Waals surface area contributed by atoms with Crippen LogP contribution in [-0.2, 0) is 9.59 Å². The van der Waals surface area contributed by atoms with Crippen LogP contribution in [0.4, 0.5) is 14.9 Å². The molecule has 3 amide bonds. The first-order chi connectivity index (χ1) is 11.9. The van der Waals surface area contributed by atoms with Crippen molar-refractivity contribution in [1.29, 1.82) is 0 Å². The van der Waals surface area contributed by atoms with Crippen LogP contribution in [0.5, 0.6) is 0 Å². The van der Waals surface area contributed by atoms with E-state index in [0.29, 0.717) is 44.5 Å². The molecule has 1 saturated heterocycles. The number of anilines is 1. The van der Waals surface area contributed by atoms with Gasteiger partial charge in [-0.15, -0.1) is 0 Å². The van der Waals surface area contributed by atoms with E-state index in [1.807, 2.05) is 0 Å². The van der Waals surface area contributed by atoms with Crippen LogP contribution in [-0.4, -0.2) is 47.0 Å². The van der Waals surface area contributed by atoms with E-state index in [1.54, 1.807) is 4.90 Å². The molecule has 1 aliphatic carbocycles. The van der Waals surface area contributed by atoms with Gasteiger partial charge in [0.15, 0.2) is 0 Å². The van der Waals surface area contributed by atoms with Gasteiger partial charge in [-0.05, 0) is 49.9 Å². The minimum atomic E-state index is -1.21. The molecule has 0 radical (unpaired) electrons. The fourth-order valence-corrected chi connectivity index (χ4v) is 3.06. The fourth-order valence-electron chi connectivity index (χ4n) is 3.06. The molecule has 3 rings (SSSR count). The maximum Gasteiger partial charge on any atom is 0.319 e. The van der Waals surface area contributed by atoms with Crippen molar-refractivity contribution in [2.24, 2.45) is 5.41 Å². The molecule has 2 fully saturated rings. The molecule has 1 saturated carbocycles. The Balaban J connectivity index is 1.46. The van der Waals surface area contributed by atoms with Crippen LogP contribution in [0.2, 0.25) is 0 Å². The third kappa shape index (κ3) is 3.72. The van der Waals surface area contributed by atoms with Crippen molar-refractivity contribution in [1.82, 2.24) is 10.2 Å². The number of carboxylic acids is 1. The van der Waals surface area contributed by atoms with Crippen LogP contribution in [0, 0.1) is 11.2 Å². The largest absolute Gasteiger partial charge is 0.480 e. The molecule has 7 nitrogen and oxygen atoms in total. The number of hydrogen-bond acceptors (Lipinski definition) is 3. The minimum absolute atomic E-state index is 0.0931. The van der Waals surface area contributed by atoms with Gasteiger partial charge in [-0.3, -0.25) is 9.59 Å². The zero-order valence-electron chi connectivity index (χ0n) is 13.6. The fraction of sp³-hybridized carbons (Fsp3) is 0.471. The summed E-state index contributed by atoms with van der Waals surface area (Å²) in [6.45, 7) is 0.852. The summed E-state index contributed by atoms with van der Waals surface area (Å²) in [7, 11) is 0. The van der Waals surface area contributed by atoms with E-state index in [0.717, 1.165) is 0 Å². The van der Waals surface area contributed by atoms with Crippen LogP contribution < -0.4 is 10.6 Å².